The minimum atomic E-state index is -0.165. The lowest BCUT2D eigenvalue weighted by Gasteiger charge is -2.38. The van der Waals surface area contributed by atoms with Crippen LogP contribution in [0.4, 0.5) is 0 Å². The summed E-state index contributed by atoms with van der Waals surface area (Å²) in [5.74, 6) is 0.688. The van der Waals surface area contributed by atoms with Crippen LogP contribution in [0, 0.1) is 16.7 Å². The number of hydrogen-bond acceptors (Lipinski definition) is 1. The summed E-state index contributed by atoms with van der Waals surface area (Å²) in [6.07, 6.45) is 5.35. The Morgan fingerprint density at radius 1 is 1.43 bits per heavy atom. The average Bonchev–Trinajstić information content (AvgIpc) is 2.36. The molecule has 1 nitrogen and oxygen atoms in total. The monoisotopic (exact) mass is 322 g/mol. The van der Waals surface area contributed by atoms with Crippen molar-refractivity contribution in [3.05, 3.63) is 9.47 Å². The van der Waals surface area contributed by atoms with Crippen LogP contribution in [0.25, 0.3) is 0 Å². The molecule has 80 valence electrons. The fourth-order valence-electron chi connectivity index (χ4n) is 3.51. The summed E-state index contributed by atoms with van der Waals surface area (Å²) in [4.78, 5) is 0. The molecule has 2 aliphatic rings. The van der Waals surface area contributed by atoms with E-state index >= 15 is 0 Å². The third-order valence-electron chi connectivity index (χ3n) is 4.60. The summed E-state index contributed by atoms with van der Waals surface area (Å²) in [6.45, 7) is 4.58. The van der Waals surface area contributed by atoms with Crippen LogP contribution in [0.5, 0.6) is 0 Å². The van der Waals surface area contributed by atoms with E-state index in [0.29, 0.717) is 5.92 Å². The van der Waals surface area contributed by atoms with Gasteiger partial charge in [0.15, 0.2) is 0 Å². The minimum absolute atomic E-state index is 0.0139. The van der Waals surface area contributed by atoms with Crippen molar-refractivity contribution in [1.29, 1.82) is 0 Å². The van der Waals surface area contributed by atoms with Crippen LogP contribution < -0.4 is 0 Å². The molecule has 3 heteroatoms. The highest BCUT2D eigenvalue weighted by Gasteiger charge is 2.62. The van der Waals surface area contributed by atoms with Crippen LogP contribution >= 0.6 is 31.9 Å². The maximum absolute atomic E-state index is 10.2. The van der Waals surface area contributed by atoms with Crippen molar-refractivity contribution in [3.8, 4) is 0 Å². The smallest absolute Gasteiger partial charge is 0.0639 e. The Kier molecular flexibility index (Phi) is 2.65. The van der Waals surface area contributed by atoms with Gasteiger partial charge in [-0.15, -0.1) is 0 Å². The molecule has 2 aliphatic carbocycles. The van der Waals surface area contributed by atoms with Gasteiger partial charge in [0.1, 0.15) is 0 Å². The molecule has 0 amide bonds. The van der Waals surface area contributed by atoms with Crippen LogP contribution in [0.3, 0.4) is 0 Å². The number of aliphatic hydroxyl groups excluding tert-OH is 1. The maximum Gasteiger partial charge on any atom is 0.0639 e. The second kappa shape index (κ2) is 3.33. The second-order valence-electron chi connectivity index (χ2n) is 5.18. The molecule has 0 spiro atoms. The zero-order valence-corrected chi connectivity index (χ0v) is 11.7. The summed E-state index contributed by atoms with van der Waals surface area (Å²) in [7, 11) is 0. The fourth-order valence-corrected chi connectivity index (χ4v) is 4.33. The first-order chi connectivity index (χ1) is 6.40. The van der Waals surface area contributed by atoms with E-state index in [2.05, 4.69) is 51.8 Å². The second-order valence-corrected chi connectivity index (χ2v) is 7.96. The van der Waals surface area contributed by atoms with Gasteiger partial charge in [-0.1, -0.05) is 19.9 Å². The van der Waals surface area contributed by atoms with Gasteiger partial charge in [0.2, 0.25) is 0 Å². The van der Waals surface area contributed by atoms with Crippen LogP contribution in [0.15, 0.2) is 9.47 Å². The van der Waals surface area contributed by atoms with Gasteiger partial charge in [0, 0.05) is 5.41 Å². The highest BCUT2D eigenvalue weighted by atomic mass is 79.9. The van der Waals surface area contributed by atoms with E-state index in [4.69, 9.17) is 0 Å². The molecule has 14 heavy (non-hydrogen) atoms. The summed E-state index contributed by atoms with van der Waals surface area (Å²) in [5, 5.41) is 10.2. The van der Waals surface area contributed by atoms with Crippen molar-refractivity contribution in [2.24, 2.45) is 16.7 Å². The Labute approximate surface area is 102 Å². The topological polar surface area (TPSA) is 20.2 Å². The first-order valence-corrected chi connectivity index (χ1v) is 6.71. The van der Waals surface area contributed by atoms with Crippen molar-refractivity contribution in [1.82, 2.24) is 0 Å². The van der Waals surface area contributed by atoms with E-state index in [0.717, 1.165) is 16.2 Å². The van der Waals surface area contributed by atoms with Gasteiger partial charge in [-0.25, -0.2) is 0 Å². The number of fused-ring (bicyclic) bond motifs is 2. The highest BCUT2D eigenvalue weighted by molar-refractivity contribution is 9.28. The van der Waals surface area contributed by atoms with E-state index in [1.165, 1.54) is 6.42 Å². The van der Waals surface area contributed by atoms with Crippen LogP contribution in [0.2, 0.25) is 0 Å². The van der Waals surface area contributed by atoms with Crippen LogP contribution in [-0.4, -0.2) is 11.2 Å². The van der Waals surface area contributed by atoms with E-state index in [9.17, 15) is 5.11 Å². The summed E-state index contributed by atoms with van der Waals surface area (Å²) >= 11 is 6.85. The average molecular weight is 324 g/mol. The molecule has 2 rings (SSSR count). The molecule has 1 N–H and O–H groups in total. The largest absolute Gasteiger partial charge is 0.392 e. The summed E-state index contributed by atoms with van der Waals surface area (Å²) in [5.41, 5.74) is 0.221. The molecule has 0 saturated heterocycles. The standard InChI is InChI=1S/C11H16Br2O/c1-10(2)7-3-4-11(10,6-9(12)13)8(14)5-7/h6-8,14H,3-5H2,1-2H3/t7-,8+,11+/m0/s1. The third-order valence-corrected chi connectivity index (χ3v) is 5.05. The molecule has 3 atom stereocenters. The van der Waals surface area contributed by atoms with Gasteiger partial charge >= 0.3 is 0 Å². The first kappa shape index (κ1) is 11.2. The van der Waals surface area contributed by atoms with E-state index in [1.807, 2.05) is 0 Å². The molecule has 0 aromatic heterocycles. The fraction of sp³-hybridized carbons (Fsp3) is 0.818. The molecular formula is C11H16Br2O. The Morgan fingerprint density at radius 2 is 2.07 bits per heavy atom. The van der Waals surface area contributed by atoms with Gasteiger partial charge in [0.05, 0.1) is 9.50 Å². The lowest BCUT2D eigenvalue weighted by Crippen LogP contribution is -2.36. The molecular weight excluding hydrogens is 308 g/mol. The zero-order valence-electron chi connectivity index (χ0n) is 8.56. The highest BCUT2D eigenvalue weighted by Crippen LogP contribution is 2.66. The lowest BCUT2D eigenvalue weighted by molar-refractivity contribution is 0.0369. The predicted octanol–water partition coefficient (Wildman–Crippen LogP) is 3.80. The quantitative estimate of drug-likeness (QED) is 0.778. The lowest BCUT2D eigenvalue weighted by atomic mass is 9.68. The van der Waals surface area contributed by atoms with Gasteiger partial charge in [-0.05, 0) is 62.5 Å². The molecule has 2 saturated carbocycles. The molecule has 2 fully saturated rings. The number of rotatable bonds is 1. The van der Waals surface area contributed by atoms with E-state index in [1.54, 1.807) is 0 Å². The minimum Gasteiger partial charge on any atom is -0.392 e. The van der Waals surface area contributed by atoms with Gasteiger partial charge < -0.3 is 5.11 Å². The van der Waals surface area contributed by atoms with Crippen molar-refractivity contribution in [3.63, 3.8) is 0 Å². The summed E-state index contributed by atoms with van der Waals surface area (Å²) in [6, 6.07) is 0. The SMILES string of the molecule is CC1(C)[C@H]2CC[C@@]1(C=C(Br)Br)[C@H](O)C2. The normalized spacial score (nSPS) is 44.1. The molecule has 0 heterocycles. The third kappa shape index (κ3) is 1.28. The van der Waals surface area contributed by atoms with Crippen molar-refractivity contribution in [2.75, 3.05) is 0 Å². The van der Waals surface area contributed by atoms with Crippen molar-refractivity contribution < 1.29 is 5.11 Å². The van der Waals surface area contributed by atoms with Crippen molar-refractivity contribution in [2.45, 2.75) is 39.2 Å². The van der Waals surface area contributed by atoms with Crippen LogP contribution in [-0.2, 0) is 0 Å². The van der Waals surface area contributed by atoms with Crippen LogP contribution in [0.1, 0.15) is 33.1 Å². The number of aliphatic hydroxyl groups is 1. The summed E-state index contributed by atoms with van der Waals surface area (Å²) < 4.78 is 0.972. The Morgan fingerprint density at radius 3 is 2.43 bits per heavy atom. The van der Waals surface area contributed by atoms with E-state index in [-0.39, 0.29) is 16.9 Å². The molecule has 0 aromatic carbocycles. The maximum atomic E-state index is 10.2. The molecule has 2 bridgehead atoms. The van der Waals surface area contributed by atoms with Gasteiger partial charge in [-0.3, -0.25) is 0 Å². The molecule has 0 aliphatic heterocycles. The Bertz CT molecular complexity index is 281. The predicted molar refractivity (Wildman–Crippen MR) is 65.5 cm³/mol. The zero-order chi connectivity index (χ0) is 10.6. The van der Waals surface area contributed by atoms with Gasteiger partial charge in [-0.2, -0.15) is 0 Å². The van der Waals surface area contributed by atoms with Gasteiger partial charge in [0.25, 0.3) is 0 Å². The Hall–Kier alpha value is 0.660. The molecule has 0 radical (unpaired) electrons. The number of halogens is 2. The van der Waals surface area contributed by atoms with Crippen molar-refractivity contribution >= 4 is 31.9 Å². The first-order valence-electron chi connectivity index (χ1n) is 5.12. The Balaban J connectivity index is 2.44. The molecule has 0 aromatic rings. The number of hydrogen-bond donors (Lipinski definition) is 1. The molecule has 0 unspecified atom stereocenters. The van der Waals surface area contributed by atoms with E-state index < -0.39 is 0 Å².